The summed E-state index contributed by atoms with van der Waals surface area (Å²) in [4.78, 5) is 20.1. The van der Waals surface area contributed by atoms with Crippen molar-refractivity contribution in [3.8, 4) is 0 Å². The van der Waals surface area contributed by atoms with Gasteiger partial charge in [0, 0.05) is 32.1 Å². The quantitative estimate of drug-likeness (QED) is 0.530. The average molecular weight is 490 g/mol. The molecule has 3 aromatic rings. The van der Waals surface area contributed by atoms with Crippen molar-refractivity contribution < 1.29 is 13.2 Å². The lowest BCUT2D eigenvalue weighted by Gasteiger charge is -2.32. The standard InChI is InChI=1S/C23H24ClN3O3S2/c24-19-10-9-17(32(29,30)27-12-3-4-13-27)14-18(19)23(28)26-11-5-6-16(15-26)22-25-20-7-1-2-8-21(20)31-22/h1-2,7-10,14,16H,3-6,11-13,15H2. The van der Waals surface area contributed by atoms with Crippen LogP contribution in [0.3, 0.4) is 0 Å². The first kappa shape index (κ1) is 21.8. The largest absolute Gasteiger partial charge is 0.338 e. The number of carbonyl (C=O) groups is 1. The monoisotopic (exact) mass is 489 g/mol. The molecule has 0 N–H and O–H groups in total. The molecule has 2 aliphatic rings. The SMILES string of the molecule is O=C(c1cc(S(=O)(=O)N2CCCC2)ccc1Cl)N1CCCC(c2nc3ccccc3s2)C1. The number of fused-ring (bicyclic) bond motifs is 1. The molecule has 32 heavy (non-hydrogen) atoms. The summed E-state index contributed by atoms with van der Waals surface area (Å²) in [6, 6.07) is 12.5. The van der Waals surface area contributed by atoms with Crippen LogP contribution in [0.1, 0.15) is 47.0 Å². The summed E-state index contributed by atoms with van der Waals surface area (Å²) in [6.07, 6.45) is 3.56. The van der Waals surface area contributed by atoms with Gasteiger partial charge in [-0.1, -0.05) is 23.7 Å². The molecule has 0 saturated carbocycles. The van der Waals surface area contributed by atoms with E-state index in [0.29, 0.717) is 26.2 Å². The Morgan fingerprint density at radius 1 is 1.06 bits per heavy atom. The summed E-state index contributed by atoms with van der Waals surface area (Å²) in [6.45, 7) is 2.21. The number of rotatable bonds is 4. The van der Waals surface area contributed by atoms with Crippen LogP contribution in [0.2, 0.25) is 5.02 Å². The van der Waals surface area contributed by atoms with Gasteiger partial charge in [0.15, 0.2) is 0 Å². The van der Waals surface area contributed by atoms with Crippen molar-refractivity contribution in [3.05, 3.63) is 58.1 Å². The van der Waals surface area contributed by atoms with Gasteiger partial charge in [-0.2, -0.15) is 4.31 Å². The third-order valence-electron chi connectivity index (χ3n) is 6.24. The summed E-state index contributed by atoms with van der Waals surface area (Å²) in [5, 5.41) is 1.32. The highest BCUT2D eigenvalue weighted by molar-refractivity contribution is 7.89. The van der Waals surface area contributed by atoms with Gasteiger partial charge in [0.25, 0.3) is 5.91 Å². The molecule has 2 aromatic carbocycles. The Kier molecular flexibility index (Phi) is 5.96. The molecule has 9 heteroatoms. The Hall–Kier alpha value is -2.00. The number of hydrogen-bond donors (Lipinski definition) is 0. The molecule has 2 aliphatic heterocycles. The van der Waals surface area contributed by atoms with Gasteiger partial charge in [-0.3, -0.25) is 4.79 Å². The molecule has 5 rings (SSSR count). The van der Waals surface area contributed by atoms with Gasteiger partial charge in [0.1, 0.15) is 0 Å². The first-order valence-electron chi connectivity index (χ1n) is 10.9. The van der Waals surface area contributed by atoms with Gasteiger partial charge < -0.3 is 4.90 Å². The predicted molar refractivity (Wildman–Crippen MR) is 127 cm³/mol. The fraction of sp³-hybridized carbons (Fsp3) is 0.391. The zero-order valence-electron chi connectivity index (χ0n) is 17.5. The molecular weight excluding hydrogens is 466 g/mol. The summed E-state index contributed by atoms with van der Waals surface area (Å²) >= 11 is 8.04. The van der Waals surface area contributed by atoms with E-state index in [1.165, 1.54) is 22.5 Å². The third kappa shape index (κ3) is 4.05. The van der Waals surface area contributed by atoms with E-state index in [2.05, 4.69) is 6.07 Å². The number of hydrogen-bond acceptors (Lipinski definition) is 5. The van der Waals surface area contributed by atoms with Crippen LogP contribution in [-0.4, -0.2) is 54.7 Å². The van der Waals surface area contributed by atoms with E-state index < -0.39 is 10.0 Å². The summed E-state index contributed by atoms with van der Waals surface area (Å²) in [5.74, 6) is -0.0559. The minimum absolute atomic E-state index is 0.131. The van der Waals surface area contributed by atoms with Crippen LogP contribution in [0.5, 0.6) is 0 Å². The van der Waals surface area contributed by atoms with E-state index in [-0.39, 0.29) is 27.3 Å². The smallest absolute Gasteiger partial charge is 0.255 e. The number of sulfonamides is 1. The number of benzene rings is 2. The van der Waals surface area contributed by atoms with Gasteiger partial charge in [-0.15, -0.1) is 11.3 Å². The fourth-order valence-electron chi connectivity index (χ4n) is 4.50. The number of para-hydroxylation sites is 1. The van der Waals surface area contributed by atoms with E-state index in [0.717, 1.165) is 40.9 Å². The highest BCUT2D eigenvalue weighted by Crippen LogP contribution is 2.34. The third-order valence-corrected chi connectivity index (χ3v) is 9.66. The molecule has 1 atom stereocenters. The van der Waals surface area contributed by atoms with Crippen molar-refractivity contribution in [2.75, 3.05) is 26.2 Å². The van der Waals surface area contributed by atoms with Gasteiger partial charge in [0.05, 0.1) is 30.7 Å². The zero-order chi connectivity index (χ0) is 22.3. The van der Waals surface area contributed by atoms with E-state index in [1.807, 2.05) is 18.2 Å². The van der Waals surface area contributed by atoms with Gasteiger partial charge in [-0.05, 0) is 56.0 Å². The number of amides is 1. The van der Waals surface area contributed by atoms with Gasteiger partial charge in [-0.25, -0.2) is 13.4 Å². The molecule has 6 nitrogen and oxygen atoms in total. The second kappa shape index (κ2) is 8.74. The van der Waals surface area contributed by atoms with Crippen LogP contribution in [0.4, 0.5) is 0 Å². The molecule has 0 aliphatic carbocycles. The molecule has 168 valence electrons. The second-order valence-electron chi connectivity index (χ2n) is 8.36. The van der Waals surface area contributed by atoms with E-state index >= 15 is 0 Å². The van der Waals surface area contributed by atoms with Crippen molar-refractivity contribution in [2.45, 2.75) is 36.5 Å². The van der Waals surface area contributed by atoms with Crippen LogP contribution in [-0.2, 0) is 10.0 Å². The first-order valence-corrected chi connectivity index (χ1v) is 13.5. The Morgan fingerprint density at radius 2 is 1.84 bits per heavy atom. The van der Waals surface area contributed by atoms with Crippen molar-refractivity contribution in [3.63, 3.8) is 0 Å². The van der Waals surface area contributed by atoms with Gasteiger partial charge >= 0.3 is 0 Å². The van der Waals surface area contributed by atoms with E-state index in [4.69, 9.17) is 16.6 Å². The number of aromatic nitrogens is 1. The molecule has 1 aromatic heterocycles. The molecule has 1 amide bonds. The maximum atomic E-state index is 13.4. The summed E-state index contributed by atoms with van der Waals surface area (Å²) in [7, 11) is -3.62. The molecule has 1 unspecified atom stereocenters. The number of halogens is 1. The van der Waals surface area contributed by atoms with Gasteiger partial charge in [0.2, 0.25) is 10.0 Å². The van der Waals surface area contributed by atoms with Crippen LogP contribution >= 0.6 is 22.9 Å². The van der Waals surface area contributed by atoms with Crippen molar-refractivity contribution in [1.82, 2.24) is 14.2 Å². The lowest BCUT2D eigenvalue weighted by Crippen LogP contribution is -2.39. The summed E-state index contributed by atoms with van der Waals surface area (Å²) in [5.41, 5.74) is 1.23. The number of carbonyl (C=O) groups excluding carboxylic acids is 1. The minimum Gasteiger partial charge on any atom is -0.338 e. The Morgan fingerprint density at radius 3 is 2.62 bits per heavy atom. The normalized spacial score (nSPS) is 20.2. The number of nitrogens with zero attached hydrogens (tertiary/aromatic N) is 3. The highest BCUT2D eigenvalue weighted by atomic mass is 35.5. The average Bonchev–Trinajstić information content (AvgIpc) is 3.49. The molecule has 2 saturated heterocycles. The molecule has 0 radical (unpaired) electrons. The number of thiazole rings is 1. The lowest BCUT2D eigenvalue weighted by atomic mass is 9.98. The van der Waals surface area contributed by atoms with Crippen molar-refractivity contribution in [1.29, 1.82) is 0 Å². The Bertz CT molecular complexity index is 1240. The van der Waals surface area contributed by atoms with Crippen molar-refractivity contribution in [2.24, 2.45) is 0 Å². The Balaban J connectivity index is 1.39. The Labute approximate surface area is 196 Å². The van der Waals surface area contributed by atoms with E-state index in [1.54, 1.807) is 16.2 Å². The molecule has 0 spiro atoms. The molecule has 0 bridgehead atoms. The van der Waals surface area contributed by atoms with Crippen molar-refractivity contribution >= 4 is 49.1 Å². The zero-order valence-corrected chi connectivity index (χ0v) is 19.9. The summed E-state index contributed by atoms with van der Waals surface area (Å²) < 4.78 is 28.6. The second-order valence-corrected chi connectivity index (χ2v) is 11.8. The minimum atomic E-state index is -3.62. The van der Waals surface area contributed by atoms with Crippen LogP contribution in [0.15, 0.2) is 47.4 Å². The maximum Gasteiger partial charge on any atom is 0.255 e. The fourth-order valence-corrected chi connectivity index (χ4v) is 7.34. The molecule has 3 heterocycles. The first-order chi connectivity index (χ1) is 15.4. The molecular formula is C23H24ClN3O3S2. The number of likely N-dealkylation sites (tertiary alicyclic amines) is 1. The van der Waals surface area contributed by atoms with Crippen LogP contribution in [0.25, 0.3) is 10.2 Å². The van der Waals surface area contributed by atoms with E-state index in [9.17, 15) is 13.2 Å². The van der Waals surface area contributed by atoms with Crippen LogP contribution < -0.4 is 0 Å². The molecule has 2 fully saturated rings. The predicted octanol–water partition coefficient (Wildman–Crippen LogP) is 4.75. The lowest BCUT2D eigenvalue weighted by molar-refractivity contribution is 0.0707. The topological polar surface area (TPSA) is 70.6 Å². The number of piperidine rings is 1. The van der Waals surface area contributed by atoms with Crippen LogP contribution in [0, 0.1) is 0 Å². The maximum absolute atomic E-state index is 13.4. The highest BCUT2D eigenvalue weighted by Gasteiger charge is 2.31.